The fraction of sp³-hybridized carbons (Fsp3) is 0.857. The minimum Gasteiger partial charge on any atom is -0.479 e. The van der Waals surface area contributed by atoms with Crippen molar-refractivity contribution in [3.05, 3.63) is 0 Å². The molecule has 0 saturated carbocycles. The Morgan fingerprint density at radius 3 is 2.70 bits per heavy atom. The van der Waals surface area contributed by atoms with E-state index in [9.17, 15) is 4.79 Å². The average Bonchev–Trinajstić information content (AvgIpc) is 2.35. The van der Waals surface area contributed by atoms with Crippen LogP contribution in [0.5, 0.6) is 0 Å². The summed E-state index contributed by atoms with van der Waals surface area (Å²) in [5.41, 5.74) is -0.847. The van der Waals surface area contributed by atoms with Crippen molar-refractivity contribution in [2.75, 3.05) is 6.61 Å². The van der Waals surface area contributed by atoms with Crippen LogP contribution < -0.4 is 0 Å². The monoisotopic (exact) mass is 144 g/mol. The van der Waals surface area contributed by atoms with Crippen LogP contribution in [0.1, 0.15) is 26.2 Å². The Balaban J connectivity index is 2.67. The number of aliphatic carboxylic acids is 1. The summed E-state index contributed by atoms with van der Waals surface area (Å²) >= 11 is 0. The van der Waals surface area contributed by atoms with E-state index in [0.717, 1.165) is 6.42 Å². The molecule has 1 saturated heterocycles. The van der Waals surface area contributed by atoms with Gasteiger partial charge in [0.15, 0.2) is 5.60 Å². The van der Waals surface area contributed by atoms with Gasteiger partial charge < -0.3 is 9.84 Å². The van der Waals surface area contributed by atoms with E-state index in [0.29, 0.717) is 19.4 Å². The Hall–Kier alpha value is -0.570. The van der Waals surface area contributed by atoms with E-state index in [1.165, 1.54) is 0 Å². The maximum absolute atomic E-state index is 10.6. The van der Waals surface area contributed by atoms with E-state index in [1.54, 1.807) is 0 Å². The molecule has 58 valence electrons. The molecule has 0 aromatic carbocycles. The molecule has 0 spiro atoms. The third-order valence-electron chi connectivity index (χ3n) is 2.06. The van der Waals surface area contributed by atoms with Crippen LogP contribution in [0.4, 0.5) is 0 Å². The SMILES string of the molecule is CCC1(C(=O)O)CCCO1. The van der Waals surface area contributed by atoms with Crippen molar-refractivity contribution < 1.29 is 14.6 Å². The summed E-state index contributed by atoms with van der Waals surface area (Å²) in [6.45, 7) is 2.44. The number of hydrogen-bond acceptors (Lipinski definition) is 2. The van der Waals surface area contributed by atoms with Crippen molar-refractivity contribution in [2.45, 2.75) is 31.8 Å². The summed E-state index contributed by atoms with van der Waals surface area (Å²) in [5.74, 6) is -0.813. The van der Waals surface area contributed by atoms with Gasteiger partial charge in [0.05, 0.1) is 0 Å². The molecule has 0 radical (unpaired) electrons. The van der Waals surface area contributed by atoms with Crippen molar-refractivity contribution in [1.29, 1.82) is 0 Å². The molecule has 0 aromatic heterocycles. The van der Waals surface area contributed by atoms with E-state index >= 15 is 0 Å². The van der Waals surface area contributed by atoms with Crippen LogP contribution in [0.15, 0.2) is 0 Å². The van der Waals surface area contributed by atoms with E-state index in [1.807, 2.05) is 6.92 Å². The van der Waals surface area contributed by atoms with Gasteiger partial charge >= 0.3 is 5.97 Å². The first-order valence-electron chi connectivity index (χ1n) is 3.58. The van der Waals surface area contributed by atoms with Crippen LogP contribution in [-0.4, -0.2) is 23.3 Å². The number of carbonyl (C=O) groups is 1. The molecule has 10 heavy (non-hydrogen) atoms. The molecule has 1 unspecified atom stereocenters. The van der Waals surface area contributed by atoms with Crippen molar-refractivity contribution in [3.63, 3.8) is 0 Å². The summed E-state index contributed by atoms with van der Waals surface area (Å²) in [7, 11) is 0. The highest BCUT2D eigenvalue weighted by Gasteiger charge is 2.40. The molecule has 1 heterocycles. The van der Waals surface area contributed by atoms with Gasteiger partial charge in [-0.3, -0.25) is 0 Å². The van der Waals surface area contributed by atoms with Gasteiger partial charge in [0, 0.05) is 6.61 Å². The molecular formula is C7H12O3. The van der Waals surface area contributed by atoms with Gasteiger partial charge in [-0.2, -0.15) is 0 Å². The van der Waals surface area contributed by atoms with Crippen LogP contribution in [0.2, 0.25) is 0 Å². The first-order chi connectivity index (χ1) is 4.71. The van der Waals surface area contributed by atoms with Gasteiger partial charge in [-0.25, -0.2) is 4.79 Å². The van der Waals surface area contributed by atoms with Gasteiger partial charge in [0.25, 0.3) is 0 Å². The molecule has 0 amide bonds. The largest absolute Gasteiger partial charge is 0.479 e. The predicted molar refractivity (Wildman–Crippen MR) is 35.8 cm³/mol. The first-order valence-corrected chi connectivity index (χ1v) is 3.58. The summed E-state index contributed by atoms with van der Waals surface area (Å²) in [6.07, 6.45) is 2.11. The van der Waals surface area contributed by atoms with Crippen molar-refractivity contribution in [2.24, 2.45) is 0 Å². The van der Waals surface area contributed by atoms with Crippen LogP contribution in [0.3, 0.4) is 0 Å². The van der Waals surface area contributed by atoms with Crippen molar-refractivity contribution in [1.82, 2.24) is 0 Å². The normalized spacial score (nSPS) is 32.5. The number of ether oxygens (including phenoxy) is 1. The molecule has 1 fully saturated rings. The zero-order valence-electron chi connectivity index (χ0n) is 6.09. The first kappa shape index (κ1) is 7.54. The quantitative estimate of drug-likeness (QED) is 0.629. The summed E-state index contributed by atoms with van der Waals surface area (Å²) in [5, 5.41) is 8.74. The lowest BCUT2D eigenvalue weighted by molar-refractivity contribution is -0.160. The van der Waals surface area contributed by atoms with Gasteiger partial charge in [0.1, 0.15) is 0 Å². The van der Waals surface area contributed by atoms with Crippen LogP contribution in [-0.2, 0) is 9.53 Å². The van der Waals surface area contributed by atoms with Crippen LogP contribution in [0, 0.1) is 0 Å². The fourth-order valence-electron chi connectivity index (χ4n) is 1.30. The van der Waals surface area contributed by atoms with Gasteiger partial charge in [0.2, 0.25) is 0 Å². The van der Waals surface area contributed by atoms with E-state index in [-0.39, 0.29) is 0 Å². The summed E-state index contributed by atoms with van der Waals surface area (Å²) in [6, 6.07) is 0. The maximum atomic E-state index is 10.6. The van der Waals surface area contributed by atoms with E-state index in [2.05, 4.69) is 0 Å². The summed E-state index contributed by atoms with van der Waals surface area (Å²) in [4.78, 5) is 10.6. The third-order valence-corrected chi connectivity index (χ3v) is 2.06. The average molecular weight is 144 g/mol. The van der Waals surface area contributed by atoms with Gasteiger partial charge in [-0.1, -0.05) is 6.92 Å². The topological polar surface area (TPSA) is 46.5 Å². The van der Waals surface area contributed by atoms with Crippen molar-refractivity contribution >= 4 is 5.97 Å². The Morgan fingerprint density at radius 1 is 1.80 bits per heavy atom. The summed E-state index contributed by atoms with van der Waals surface area (Å²) < 4.78 is 5.15. The molecule has 1 N–H and O–H groups in total. The second-order valence-electron chi connectivity index (χ2n) is 2.61. The molecule has 1 aliphatic heterocycles. The maximum Gasteiger partial charge on any atom is 0.335 e. The van der Waals surface area contributed by atoms with Crippen molar-refractivity contribution in [3.8, 4) is 0 Å². The second kappa shape index (κ2) is 2.58. The Kier molecular flexibility index (Phi) is 1.94. The molecule has 1 rings (SSSR count). The minimum atomic E-state index is -0.847. The van der Waals surface area contributed by atoms with E-state index < -0.39 is 11.6 Å². The molecule has 3 nitrogen and oxygen atoms in total. The molecule has 1 aliphatic rings. The number of carboxylic acid groups (broad SMARTS) is 1. The predicted octanol–water partition coefficient (Wildman–Crippen LogP) is 1.03. The lowest BCUT2D eigenvalue weighted by Crippen LogP contribution is -2.36. The molecule has 3 heteroatoms. The highest BCUT2D eigenvalue weighted by atomic mass is 16.5. The van der Waals surface area contributed by atoms with Gasteiger partial charge in [-0.05, 0) is 19.3 Å². The molecule has 1 atom stereocenters. The van der Waals surface area contributed by atoms with Crippen LogP contribution >= 0.6 is 0 Å². The Bertz CT molecular complexity index is 136. The lowest BCUT2D eigenvalue weighted by atomic mass is 9.97. The Morgan fingerprint density at radius 2 is 2.50 bits per heavy atom. The second-order valence-corrected chi connectivity index (χ2v) is 2.61. The molecule has 0 bridgehead atoms. The van der Waals surface area contributed by atoms with E-state index in [4.69, 9.17) is 9.84 Å². The zero-order chi connectivity index (χ0) is 7.61. The lowest BCUT2D eigenvalue weighted by Gasteiger charge is -2.20. The number of carboxylic acids is 1. The number of rotatable bonds is 2. The zero-order valence-corrected chi connectivity index (χ0v) is 6.09. The minimum absolute atomic E-state index is 0.572. The Labute approximate surface area is 60.0 Å². The number of hydrogen-bond donors (Lipinski definition) is 1. The smallest absolute Gasteiger partial charge is 0.335 e. The highest BCUT2D eigenvalue weighted by molar-refractivity contribution is 5.77. The third kappa shape index (κ3) is 1.01. The molecule has 0 aliphatic carbocycles. The fourth-order valence-corrected chi connectivity index (χ4v) is 1.30. The molecule has 0 aromatic rings. The highest BCUT2D eigenvalue weighted by Crippen LogP contribution is 2.28. The van der Waals surface area contributed by atoms with Gasteiger partial charge in [-0.15, -0.1) is 0 Å². The molecular weight excluding hydrogens is 132 g/mol. The van der Waals surface area contributed by atoms with Crippen LogP contribution in [0.25, 0.3) is 0 Å². The standard InChI is InChI=1S/C7H12O3/c1-2-7(6(8)9)4-3-5-10-7/h2-5H2,1H3,(H,8,9).